The average molecular weight is 328 g/mol. The van der Waals surface area contributed by atoms with E-state index >= 15 is 0 Å². The molecule has 0 heterocycles. The highest BCUT2D eigenvalue weighted by molar-refractivity contribution is 6.35. The lowest BCUT2D eigenvalue weighted by Gasteiger charge is -2.09. The summed E-state index contributed by atoms with van der Waals surface area (Å²) in [4.78, 5) is 11.9. The van der Waals surface area contributed by atoms with Crippen molar-refractivity contribution in [2.24, 2.45) is 0 Å². The molecule has 0 saturated carbocycles. The van der Waals surface area contributed by atoms with E-state index in [0.29, 0.717) is 27.9 Å². The molecule has 0 bridgehead atoms. The third kappa shape index (κ3) is 4.62. The molecule has 2 aromatic carbocycles. The Balaban J connectivity index is 1.81. The van der Waals surface area contributed by atoms with E-state index in [1.54, 1.807) is 12.1 Å². The smallest absolute Gasteiger partial charge is 0.252 e. The molecule has 0 aliphatic carbocycles. The van der Waals surface area contributed by atoms with Gasteiger partial charge >= 0.3 is 0 Å². The highest BCUT2D eigenvalue weighted by atomic mass is 35.5. The Kier molecular flexibility index (Phi) is 5.42. The van der Waals surface area contributed by atoms with Gasteiger partial charge in [0, 0.05) is 5.02 Å². The minimum atomic E-state index is -0.329. The van der Waals surface area contributed by atoms with E-state index in [4.69, 9.17) is 27.9 Å². The van der Waals surface area contributed by atoms with Crippen LogP contribution in [0.4, 0.5) is 4.39 Å². The third-order valence-corrected chi connectivity index (χ3v) is 3.21. The van der Waals surface area contributed by atoms with Gasteiger partial charge in [-0.05, 0) is 42.5 Å². The Morgan fingerprint density at radius 3 is 2.57 bits per heavy atom. The van der Waals surface area contributed by atoms with Crippen LogP contribution in [0.5, 0.6) is 5.75 Å². The first kappa shape index (κ1) is 15.6. The van der Waals surface area contributed by atoms with Crippen LogP contribution in [0.1, 0.15) is 10.4 Å². The van der Waals surface area contributed by atoms with Crippen molar-refractivity contribution in [2.75, 3.05) is 13.2 Å². The van der Waals surface area contributed by atoms with Gasteiger partial charge in [-0.1, -0.05) is 23.2 Å². The van der Waals surface area contributed by atoms with Gasteiger partial charge in [-0.15, -0.1) is 0 Å². The molecule has 0 atom stereocenters. The number of benzene rings is 2. The largest absolute Gasteiger partial charge is 0.492 e. The summed E-state index contributed by atoms with van der Waals surface area (Å²) in [7, 11) is 0. The first-order valence-corrected chi connectivity index (χ1v) is 6.93. The molecule has 0 unspecified atom stereocenters. The molecule has 110 valence electrons. The number of hydrogen-bond acceptors (Lipinski definition) is 2. The summed E-state index contributed by atoms with van der Waals surface area (Å²) < 4.78 is 18.1. The number of rotatable bonds is 5. The molecule has 21 heavy (non-hydrogen) atoms. The van der Waals surface area contributed by atoms with Gasteiger partial charge in [0.25, 0.3) is 5.91 Å². The first-order valence-electron chi connectivity index (χ1n) is 6.18. The highest BCUT2D eigenvalue weighted by Crippen LogP contribution is 2.20. The molecule has 1 N–H and O–H groups in total. The minimum absolute atomic E-state index is 0.259. The van der Waals surface area contributed by atoms with Gasteiger partial charge in [-0.25, -0.2) is 4.39 Å². The second-order valence-electron chi connectivity index (χ2n) is 4.18. The Morgan fingerprint density at radius 1 is 1.14 bits per heavy atom. The molecule has 0 aromatic heterocycles. The van der Waals surface area contributed by atoms with Gasteiger partial charge in [0.05, 0.1) is 17.1 Å². The molecular weight excluding hydrogens is 316 g/mol. The quantitative estimate of drug-likeness (QED) is 0.844. The van der Waals surface area contributed by atoms with E-state index in [1.165, 1.54) is 30.3 Å². The van der Waals surface area contributed by atoms with Gasteiger partial charge in [0.15, 0.2) is 0 Å². The monoisotopic (exact) mass is 327 g/mol. The minimum Gasteiger partial charge on any atom is -0.492 e. The summed E-state index contributed by atoms with van der Waals surface area (Å²) in [6, 6.07) is 10.3. The van der Waals surface area contributed by atoms with Crippen molar-refractivity contribution < 1.29 is 13.9 Å². The summed E-state index contributed by atoms with van der Waals surface area (Å²) in [6.07, 6.45) is 0. The summed E-state index contributed by atoms with van der Waals surface area (Å²) in [5.74, 6) is -0.122. The number of amides is 1. The van der Waals surface area contributed by atoms with Crippen LogP contribution in [-0.4, -0.2) is 19.1 Å². The molecule has 2 aromatic rings. The van der Waals surface area contributed by atoms with E-state index in [1.807, 2.05) is 0 Å². The van der Waals surface area contributed by atoms with E-state index in [0.717, 1.165) is 0 Å². The van der Waals surface area contributed by atoms with Crippen LogP contribution in [0, 0.1) is 5.82 Å². The molecule has 0 aliphatic heterocycles. The van der Waals surface area contributed by atoms with Crippen LogP contribution < -0.4 is 10.1 Å². The molecule has 2 rings (SSSR count). The molecule has 1 amide bonds. The molecular formula is C15H12Cl2FNO2. The van der Waals surface area contributed by atoms with Crippen molar-refractivity contribution in [3.05, 3.63) is 63.9 Å². The topological polar surface area (TPSA) is 38.3 Å². The molecule has 6 heteroatoms. The second kappa shape index (κ2) is 7.29. The fourth-order valence-electron chi connectivity index (χ4n) is 1.63. The maximum Gasteiger partial charge on any atom is 0.252 e. The number of hydrogen-bond donors (Lipinski definition) is 1. The van der Waals surface area contributed by atoms with Gasteiger partial charge < -0.3 is 10.1 Å². The standard InChI is InChI=1S/C15H12Cl2FNO2/c16-10-1-6-14(17)13(9-10)15(20)19-7-8-21-12-4-2-11(18)3-5-12/h1-6,9H,7-8H2,(H,19,20). The van der Waals surface area contributed by atoms with Crippen LogP contribution in [0.25, 0.3) is 0 Å². The third-order valence-electron chi connectivity index (χ3n) is 2.64. The van der Waals surface area contributed by atoms with Crippen molar-refractivity contribution in [3.63, 3.8) is 0 Å². The van der Waals surface area contributed by atoms with Crippen LogP contribution in [-0.2, 0) is 0 Å². The Labute approximate surface area is 131 Å². The van der Waals surface area contributed by atoms with Crippen LogP contribution in [0.2, 0.25) is 10.0 Å². The lowest BCUT2D eigenvalue weighted by Crippen LogP contribution is -2.28. The van der Waals surface area contributed by atoms with Crippen LogP contribution in [0.15, 0.2) is 42.5 Å². The zero-order valence-electron chi connectivity index (χ0n) is 10.9. The molecule has 0 spiro atoms. The lowest BCUT2D eigenvalue weighted by molar-refractivity contribution is 0.0947. The summed E-state index contributed by atoms with van der Waals surface area (Å²) in [5, 5.41) is 3.43. The molecule has 0 fully saturated rings. The van der Waals surface area contributed by atoms with Gasteiger partial charge in [0.1, 0.15) is 18.2 Å². The number of halogens is 3. The van der Waals surface area contributed by atoms with Gasteiger partial charge in [-0.2, -0.15) is 0 Å². The normalized spacial score (nSPS) is 10.2. The summed E-state index contributed by atoms with van der Waals surface area (Å²) in [6.45, 7) is 0.550. The lowest BCUT2D eigenvalue weighted by atomic mass is 10.2. The van der Waals surface area contributed by atoms with Crippen molar-refractivity contribution in [1.29, 1.82) is 0 Å². The Bertz CT molecular complexity index is 632. The predicted octanol–water partition coefficient (Wildman–Crippen LogP) is 3.94. The van der Waals surface area contributed by atoms with E-state index in [2.05, 4.69) is 5.32 Å². The van der Waals surface area contributed by atoms with Crippen molar-refractivity contribution in [2.45, 2.75) is 0 Å². The van der Waals surface area contributed by atoms with Crippen LogP contribution >= 0.6 is 23.2 Å². The van der Waals surface area contributed by atoms with Crippen molar-refractivity contribution in [3.8, 4) is 5.75 Å². The molecule has 0 radical (unpaired) electrons. The fraction of sp³-hybridized carbons (Fsp3) is 0.133. The predicted molar refractivity (Wildman–Crippen MR) is 80.7 cm³/mol. The maximum absolute atomic E-state index is 12.7. The van der Waals surface area contributed by atoms with Crippen molar-refractivity contribution >= 4 is 29.1 Å². The van der Waals surface area contributed by atoms with Crippen LogP contribution in [0.3, 0.4) is 0 Å². The van der Waals surface area contributed by atoms with Gasteiger partial charge in [0.2, 0.25) is 0 Å². The zero-order valence-corrected chi connectivity index (χ0v) is 12.4. The highest BCUT2D eigenvalue weighted by Gasteiger charge is 2.10. The maximum atomic E-state index is 12.7. The number of ether oxygens (including phenoxy) is 1. The summed E-state index contributed by atoms with van der Waals surface area (Å²) >= 11 is 11.7. The first-order chi connectivity index (χ1) is 10.1. The second-order valence-corrected chi connectivity index (χ2v) is 5.03. The number of carbonyl (C=O) groups is 1. The molecule has 0 aliphatic rings. The Hall–Kier alpha value is -1.78. The zero-order chi connectivity index (χ0) is 15.2. The summed E-state index contributed by atoms with van der Waals surface area (Å²) in [5.41, 5.74) is 0.311. The fourth-order valence-corrected chi connectivity index (χ4v) is 2.01. The SMILES string of the molecule is O=C(NCCOc1ccc(F)cc1)c1cc(Cl)ccc1Cl. The van der Waals surface area contributed by atoms with E-state index in [9.17, 15) is 9.18 Å². The number of nitrogens with one attached hydrogen (secondary N) is 1. The molecule has 3 nitrogen and oxygen atoms in total. The Morgan fingerprint density at radius 2 is 1.86 bits per heavy atom. The average Bonchev–Trinajstić information content (AvgIpc) is 2.47. The number of carbonyl (C=O) groups excluding carboxylic acids is 1. The van der Waals surface area contributed by atoms with E-state index < -0.39 is 0 Å². The van der Waals surface area contributed by atoms with Crippen molar-refractivity contribution in [1.82, 2.24) is 5.32 Å². The van der Waals surface area contributed by atoms with Gasteiger partial charge in [-0.3, -0.25) is 4.79 Å². The van der Waals surface area contributed by atoms with E-state index in [-0.39, 0.29) is 18.3 Å². The molecule has 0 saturated heterocycles.